The van der Waals surface area contributed by atoms with E-state index in [1.807, 2.05) is 31.2 Å². The molecule has 2 aromatic carbocycles. The highest BCUT2D eigenvalue weighted by molar-refractivity contribution is 7.99. The number of thioether (sulfide) groups is 1. The number of rotatable bonds is 5. The molecular weight excluding hydrogens is 465 g/mol. The number of anilines is 1. The molecule has 0 aliphatic rings. The van der Waals surface area contributed by atoms with Gasteiger partial charge in [-0.2, -0.15) is 9.78 Å². The number of fused-ring (bicyclic) bond motifs is 3. The van der Waals surface area contributed by atoms with Crippen molar-refractivity contribution in [2.24, 2.45) is 0 Å². The minimum absolute atomic E-state index is 0.0244. The monoisotopic (exact) mass is 485 g/mol. The van der Waals surface area contributed by atoms with Gasteiger partial charge < -0.3 is 5.32 Å². The molecule has 174 valence electrons. The maximum absolute atomic E-state index is 13.9. The number of carbonyl (C=O) groups is 1. The van der Waals surface area contributed by atoms with Gasteiger partial charge in [-0.15, -0.1) is 5.10 Å². The number of aromatic nitrogens is 5. The SMILES string of the molecule is Cc1nc2c3ccccc3nc(SCC(=O)Nc3c(C#N)c(C)c(C)n3-c3cccc(F)c3)n2n1. The third-order valence-corrected chi connectivity index (χ3v) is 6.67. The average molecular weight is 486 g/mol. The Kier molecular flexibility index (Phi) is 5.70. The van der Waals surface area contributed by atoms with Crippen molar-refractivity contribution in [2.75, 3.05) is 11.1 Å². The van der Waals surface area contributed by atoms with Crippen molar-refractivity contribution in [1.29, 1.82) is 5.26 Å². The van der Waals surface area contributed by atoms with E-state index in [0.29, 0.717) is 33.7 Å². The Balaban J connectivity index is 1.46. The number of nitrogens with one attached hydrogen (secondary N) is 1. The Bertz CT molecular complexity index is 1660. The lowest BCUT2D eigenvalue weighted by Crippen LogP contribution is -2.18. The summed E-state index contributed by atoms with van der Waals surface area (Å²) in [6.45, 7) is 5.43. The number of benzene rings is 2. The summed E-state index contributed by atoms with van der Waals surface area (Å²) in [7, 11) is 0. The number of para-hydroxylation sites is 1. The van der Waals surface area contributed by atoms with Crippen LogP contribution in [0.15, 0.2) is 53.7 Å². The van der Waals surface area contributed by atoms with Gasteiger partial charge in [-0.25, -0.2) is 14.4 Å². The predicted octanol–water partition coefficient (Wildman–Crippen LogP) is 4.74. The van der Waals surface area contributed by atoms with Crippen molar-refractivity contribution in [3.05, 3.63) is 77.0 Å². The summed E-state index contributed by atoms with van der Waals surface area (Å²) >= 11 is 1.22. The lowest BCUT2D eigenvalue weighted by atomic mass is 10.2. The Labute approximate surface area is 204 Å². The third kappa shape index (κ3) is 4.00. The number of aryl methyl sites for hydroxylation is 1. The molecule has 0 atom stereocenters. The molecule has 0 saturated heterocycles. The molecule has 3 heterocycles. The zero-order valence-corrected chi connectivity index (χ0v) is 20.0. The molecule has 8 nitrogen and oxygen atoms in total. The molecule has 35 heavy (non-hydrogen) atoms. The van der Waals surface area contributed by atoms with Crippen LogP contribution in [0.2, 0.25) is 0 Å². The van der Waals surface area contributed by atoms with E-state index in [0.717, 1.165) is 22.2 Å². The van der Waals surface area contributed by atoms with Gasteiger partial charge in [-0.05, 0) is 56.7 Å². The van der Waals surface area contributed by atoms with Crippen molar-refractivity contribution in [3.63, 3.8) is 0 Å². The summed E-state index contributed by atoms with van der Waals surface area (Å²) in [5.74, 6) is 0.200. The molecule has 0 aliphatic carbocycles. The third-order valence-electron chi connectivity index (χ3n) is 5.74. The number of amides is 1. The zero-order valence-electron chi connectivity index (χ0n) is 19.2. The summed E-state index contributed by atoms with van der Waals surface area (Å²) in [6, 6.07) is 15.8. The average Bonchev–Trinajstić information content (AvgIpc) is 3.34. The van der Waals surface area contributed by atoms with Crippen LogP contribution in [0.25, 0.3) is 22.2 Å². The van der Waals surface area contributed by atoms with Crippen molar-refractivity contribution in [3.8, 4) is 11.8 Å². The standard InChI is InChI=1S/C25H20FN7OS/c1-14-15(2)32(18-8-6-7-17(26)11-18)23(20(14)12-27)30-22(34)13-35-25-29-21-10-5-4-9-19(21)24-28-16(3)31-33(24)25/h4-11H,13H2,1-3H3,(H,30,34). The van der Waals surface area contributed by atoms with Crippen LogP contribution in [0.1, 0.15) is 22.6 Å². The van der Waals surface area contributed by atoms with Gasteiger partial charge in [-0.1, -0.05) is 30.0 Å². The molecule has 10 heteroatoms. The first-order valence-electron chi connectivity index (χ1n) is 10.8. The van der Waals surface area contributed by atoms with E-state index in [1.54, 1.807) is 35.1 Å². The normalized spacial score (nSPS) is 11.2. The van der Waals surface area contributed by atoms with Crippen LogP contribution in [-0.4, -0.2) is 35.8 Å². The molecule has 1 amide bonds. The van der Waals surface area contributed by atoms with Gasteiger partial charge in [0.05, 0.1) is 22.5 Å². The highest BCUT2D eigenvalue weighted by atomic mass is 32.2. The molecule has 5 rings (SSSR count). The summed E-state index contributed by atoms with van der Waals surface area (Å²) in [4.78, 5) is 22.2. The molecule has 5 aromatic rings. The lowest BCUT2D eigenvalue weighted by molar-refractivity contribution is -0.113. The first-order valence-corrected chi connectivity index (χ1v) is 11.8. The van der Waals surface area contributed by atoms with Gasteiger partial charge in [0.15, 0.2) is 10.8 Å². The first kappa shape index (κ1) is 22.6. The van der Waals surface area contributed by atoms with Gasteiger partial charge in [-0.3, -0.25) is 9.36 Å². The number of hydrogen-bond acceptors (Lipinski definition) is 6. The van der Waals surface area contributed by atoms with E-state index < -0.39 is 5.82 Å². The Morgan fingerprint density at radius 3 is 2.71 bits per heavy atom. The molecule has 0 saturated carbocycles. The molecule has 0 bridgehead atoms. The van der Waals surface area contributed by atoms with Crippen LogP contribution in [0.5, 0.6) is 0 Å². The Hall–Kier alpha value is -4.23. The number of nitrogens with zero attached hydrogens (tertiary/aromatic N) is 6. The van der Waals surface area contributed by atoms with Crippen molar-refractivity contribution >= 4 is 40.0 Å². The molecular formula is C25H20FN7OS. The van der Waals surface area contributed by atoms with Crippen molar-refractivity contribution < 1.29 is 9.18 Å². The number of nitriles is 1. The van der Waals surface area contributed by atoms with E-state index >= 15 is 0 Å². The fourth-order valence-corrected chi connectivity index (χ4v) is 4.77. The van der Waals surface area contributed by atoms with Crippen LogP contribution in [0.3, 0.4) is 0 Å². The molecule has 0 radical (unpaired) electrons. The number of hydrogen-bond donors (Lipinski definition) is 1. The van der Waals surface area contributed by atoms with E-state index in [1.165, 1.54) is 23.9 Å². The Morgan fingerprint density at radius 1 is 1.14 bits per heavy atom. The van der Waals surface area contributed by atoms with Crippen LogP contribution < -0.4 is 5.32 Å². The second-order valence-electron chi connectivity index (χ2n) is 8.00. The van der Waals surface area contributed by atoms with Crippen LogP contribution in [-0.2, 0) is 4.79 Å². The van der Waals surface area contributed by atoms with Crippen LogP contribution >= 0.6 is 11.8 Å². The number of carbonyl (C=O) groups excluding carboxylic acids is 1. The minimum atomic E-state index is -0.408. The van der Waals surface area contributed by atoms with Crippen LogP contribution in [0.4, 0.5) is 10.2 Å². The Morgan fingerprint density at radius 2 is 1.94 bits per heavy atom. The quantitative estimate of drug-likeness (QED) is 0.285. The van der Waals surface area contributed by atoms with Gasteiger partial charge in [0.1, 0.15) is 23.5 Å². The van der Waals surface area contributed by atoms with E-state index in [4.69, 9.17) is 0 Å². The first-order chi connectivity index (χ1) is 16.9. The second kappa shape index (κ2) is 8.85. The molecule has 0 unspecified atom stereocenters. The lowest BCUT2D eigenvalue weighted by Gasteiger charge is -2.13. The largest absolute Gasteiger partial charge is 0.310 e. The second-order valence-corrected chi connectivity index (χ2v) is 8.95. The summed E-state index contributed by atoms with van der Waals surface area (Å²) in [6.07, 6.45) is 0. The van der Waals surface area contributed by atoms with Crippen molar-refractivity contribution in [1.82, 2.24) is 24.1 Å². The highest BCUT2D eigenvalue weighted by Gasteiger charge is 2.21. The van der Waals surface area contributed by atoms with Crippen LogP contribution in [0, 0.1) is 37.9 Å². The van der Waals surface area contributed by atoms with Gasteiger partial charge in [0.2, 0.25) is 5.91 Å². The summed E-state index contributed by atoms with van der Waals surface area (Å²) < 4.78 is 17.3. The summed E-state index contributed by atoms with van der Waals surface area (Å²) in [5, 5.41) is 18.5. The molecule has 0 spiro atoms. The van der Waals surface area contributed by atoms with Crippen molar-refractivity contribution in [2.45, 2.75) is 25.9 Å². The number of halogens is 1. The van der Waals surface area contributed by atoms with Gasteiger partial charge in [0, 0.05) is 11.1 Å². The van der Waals surface area contributed by atoms with E-state index in [9.17, 15) is 14.4 Å². The maximum Gasteiger partial charge on any atom is 0.236 e. The molecule has 0 fully saturated rings. The van der Waals surface area contributed by atoms with Gasteiger partial charge >= 0.3 is 0 Å². The zero-order chi connectivity index (χ0) is 24.7. The fourth-order valence-electron chi connectivity index (χ4n) is 4.02. The molecule has 3 aromatic heterocycles. The highest BCUT2D eigenvalue weighted by Crippen LogP contribution is 2.31. The summed E-state index contributed by atoms with van der Waals surface area (Å²) in [5.41, 5.74) is 3.75. The van der Waals surface area contributed by atoms with E-state index in [2.05, 4.69) is 26.5 Å². The fraction of sp³-hybridized carbons (Fsp3) is 0.160. The van der Waals surface area contributed by atoms with Gasteiger partial charge in [0.25, 0.3) is 0 Å². The topological polar surface area (TPSA) is 101 Å². The molecule has 1 N–H and O–H groups in total. The minimum Gasteiger partial charge on any atom is -0.310 e. The maximum atomic E-state index is 13.9. The smallest absolute Gasteiger partial charge is 0.236 e. The predicted molar refractivity (Wildman–Crippen MR) is 132 cm³/mol. The molecule has 0 aliphatic heterocycles. The van der Waals surface area contributed by atoms with E-state index in [-0.39, 0.29) is 11.7 Å².